The highest BCUT2D eigenvalue weighted by molar-refractivity contribution is 5.47. The van der Waals surface area contributed by atoms with Crippen LogP contribution in [0, 0.1) is 6.92 Å². The molecule has 0 atom stereocenters. The van der Waals surface area contributed by atoms with Crippen LogP contribution in [-0.4, -0.2) is 15.3 Å². The average molecular weight is 312 g/mol. The van der Waals surface area contributed by atoms with Crippen molar-refractivity contribution in [3.8, 4) is 17.2 Å². The maximum atomic E-state index is 10.3. The van der Waals surface area contributed by atoms with Crippen molar-refractivity contribution in [3.05, 3.63) is 52.6 Å². The second-order valence-electron chi connectivity index (χ2n) is 6.67. The summed E-state index contributed by atoms with van der Waals surface area (Å²) >= 11 is 0. The molecule has 3 heteroatoms. The third-order valence-electron chi connectivity index (χ3n) is 4.96. The minimum atomic E-state index is -0.0981. The van der Waals surface area contributed by atoms with Gasteiger partial charge in [0, 0.05) is 0 Å². The molecule has 3 nitrogen and oxygen atoms in total. The summed E-state index contributed by atoms with van der Waals surface area (Å²) in [6, 6.07) is 8.93. The van der Waals surface area contributed by atoms with Crippen molar-refractivity contribution in [2.45, 2.75) is 51.4 Å². The van der Waals surface area contributed by atoms with Crippen molar-refractivity contribution in [2.24, 2.45) is 0 Å². The molecule has 0 aromatic heterocycles. The van der Waals surface area contributed by atoms with E-state index < -0.39 is 0 Å². The van der Waals surface area contributed by atoms with Gasteiger partial charge in [-0.1, -0.05) is 31.4 Å². The zero-order valence-corrected chi connectivity index (χ0v) is 13.5. The monoisotopic (exact) mass is 312 g/mol. The van der Waals surface area contributed by atoms with Crippen LogP contribution in [0.4, 0.5) is 0 Å². The molecule has 2 aromatic carbocycles. The predicted molar refractivity (Wildman–Crippen MR) is 91.2 cm³/mol. The molecule has 0 saturated heterocycles. The van der Waals surface area contributed by atoms with Gasteiger partial charge in [0.1, 0.15) is 5.75 Å². The summed E-state index contributed by atoms with van der Waals surface area (Å²) in [5.41, 5.74) is 4.22. The minimum absolute atomic E-state index is 0.0913. The molecule has 3 N–H and O–H groups in total. The standard InChI is InChI=1S/C20H24O3/c1-13-9-19(22)17(15-5-3-2-4-6-15)12-16(13)10-14-7-8-18(21)20(23)11-14/h7-9,11-12,15,21-23H,2-6,10H2,1H3. The van der Waals surface area contributed by atoms with E-state index >= 15 is 0 Å². The van der Waals surface area contributed by atoms with E-state index in [9.17, 15) is 15.3 Å². The van der Waals surface area contributed by atoms with Crippen LogP contribution in [0.2, 0.25) is 0 Å². The third-order valence-corrected chi connectivity index (χ3v) is 4.96. The molecule has 0 spiro atoms. The fraction of sp³-hybridized carbons (Fsp3) is 0.400. The van der Waals surface area contributed by atoms with Crippen molar-refractivity contribution >= 4 is 0 Å². The van der Waals surface area contributed by atoms with Crippen LogP contribution < -0.4 is 0 Å². The Bertz CT molecular complexity index is 700. The Balaban J connectivity index is 1.90. The first-order valence-corrected chi connectivity index (χ1v) is 8.38. The second-order valence-corrected chi connectivity index (χ2v) is 6.67. The number of phenolic OH excluding ortho intramolecular Hbond substituents is 3. The quantitative estimate of drug-likeness (QED) is 0.717. The molecule has 1 aliphatic carbocycles. The van der Waals surface area contributed by atoms with E-state index in [2.05, 4.69) is 6.07 Å². The van der Waals surface area contributed by atoms with Gasteiger partial charge in [-0.05, 0) is 72.6 Å². The molecule has 2 aromatic rings. The Labute approximate surface area is 137 Å². The molecule has 0 heterocycles. The van der Waals surface area contributed by atoms with Crippen LogP contribution in [0.3, 0.4) is 0 Å². The highest BCUT2D eigenvalue weighted by atomic mass is 16.3. The van der Waals surface area contributed by atoms with Crippen molar-refractivity contribution in [1.29, 1.82) is 0 Å². The molecule has 0 amide bonds. The first-order chi connectivity index (χ1) is 11.0. The third kappa shape index (κ3) is 3.44. The summed E-state index contributed by atoms with van der Waals surface area (Å²) < 4.78 is 0. The summed E-state index contributed by atoms with van der Waals surface area (Å²) in [7, 11) is 0. The molecule has 1 saturated carbocycles. The highest BCUT2D eigenvalue weighted by Crippen LogP contribution is 2.38. The van der Waals surface area contributed by atoms with Gasteiger partial charge in [-0.3, -0.25) is 0 Å². The van der Waals surface area contributed by atoms with Crippen molar-refractivity contribution in [2.75, 3.05) is 0 Å². The van der Waals surface area contributed by atoms with E-state index in [1.165, 1.54) is 25.3 Å². The Kier molecular flexibility index (Phi) is 4.46. The molecule has 0 radical (unpaired) electrons. The van der Waals surface area contributed by atoms with E-state index in [0.717, 1.165) is 35.1 Å². The number of aryl methyl sites for hydroxylation is 1. The number of rotatable bonds is 3. The number of hydrogen-bond acceptors (Lipinski definition) is 3. The van der Waals surface area contributed by atoms with E-state index in [0.29, 0.717) is 18.1 Å². The van der Waals surface area contributed by atoms with Gasteiger partial charge >= 0.3 is 0 Å². The molecule has 1 fully saturated rings. The van der Waals surface area contributed by atoms with Crippen LogP contribution in [0.1, 0.15) is 60.3 Å². The van der Waals surface area contributed by atoms with E-state index in [-0.39, 0.29) is 11.5 Å². The SMILES string of the molecule is Cc1cc(O)c(C2CCCCC2)cc1Cc1ccc(O)c(O)c1. The predicted octanol–water partition coefficient (Wildman–Crippen LogP) is 4.75. The summed E-state index contributed by atoms with van der Waals surface area (Å²) in [5.74, 6) is 0.675. The Morgan fingerprint density at radius 2 is 1.61 bits per heavy atom. The van der Waals surface area contributed by atoms with E-state index in [4.69, 9.17) is 0 Å². The lowest BCUT2D eigenvalue weighted by molar-refractivity contribution is 0.403. The lowest BCUT2D eigenvalue weighted by Crippen LogP contribution is -2.06. The van der Waals surface area contributed by atoms with E-state index in [1.807, 2.05) is 19.1 Å². The Hall–Kier alpha value is -2.16. The fourth-order valence-corrected chi connectivity index (χ4v) is 3.59. The van der Waals surface area contributed by atoms with Gasteiger partial charge in [-0.25, -0.2) is 0 Å². The van der Waals surface area contributed by atoms with Gasteiger partial charge in [0.2, 0.25) is 0 Å². The number of benzene rings is 2. The van der Waals surface area contributed by atoms with Crippen LogP contribution in [-0.2, 0) is 6.42 Å². The Morgan fingerprint density at radius 3 is 2.30 bits per heavy atom. The zero-order chi connectivity index (χ0) is 16.4. The van der Waals surface area contributed by atoms with Crippen LogP contribution in [0.25, 0.3) is 0 Å². The minimum Gasteiger partial charge on any atom is -0.508 e. The van der Waals surface area contributed by atoms with Crippen molar-refractivity contribution in [3.63, 3.8) is 0 Å². The first kappa shape index (κ1) is 15.7. The molecule has 0 unspecified atom stereocenters. The van der Waals surface area contributed by atoms with Gasteiger partial charge < -0.3 is 15.3 Å². The molecule has 0 bridgehead atoms. The zero-order valence-electron chi connectivity index (χ0n) is 13.5. The van der Waals surface area contributed by atoms with Crippen molar-refractivity contribution in [1.82, 2.24) is 0 Å². The highest BCUT2D eigenvalue weighted by Gasteiger charge is 2.20. The largest absolute Gasteiger partial charge is 0.508 e. The van der Waals surface area contributed by atoms with Gasteiger partial charge in [0.25, 0.3) is 0 Å². The first-order valence-electron chi connectivity index (χ1n) is 8.38. The van der Waals surface area contributed by atoms with Gasteiger partial charge in [-0.15, -0.1) is 0 Å². The normalized spacial score (nSPS) is 15.7. The molecular weight excluding hydrogens is 288 g/mol. The maximum Gasteiger partial charge on any atom is 0.157 e. The van der Waals surface area contributed by atoms with Crippen LogP contribution in [0.5, 0.6) is 17.2 Å². The molecule has 122 valence electrons. The lowest BCUT2D eigenvalue weighted by atomic mass is 9.82. The van der Waals surface area contributed by atoms with Gasteiger partial charge in [-0.2, -0.15) is 0 Å². The van der Waals surface area contributed by atoms with Crippen molar-refractivity contribution < 1.29 is 15.3 Å². The second kappa shape index (κ2) is 6.53. The number of hydrogen-bond donors (Lipinski definition) is 3. The molecule has 23 heavy (non-hydrogen) atoms. The number of aromatic hydroxyl groups is 3. The maximum absolute atomic E-state index is 10.3. The molecule has 1 aliphatic rings. The number of phenols is 3. The van der Waals surface area contributed by atoms with Crippen LogP contribution in [0.15, 0.2) is 30.3 Å². The molecular formula is C20H24O3. The van der Waals surface area contributed by atoms with Gasteiger partial charge in [0.15, 0.2) is 11.5 Å². The molecule has 0 aliphatic heterocycles. The average Bonchev–Trinajstić information content (AvgIpc) is 2.54. The lowest BCUT2D eigenvalue weighted by Gasteiger charge is -2.24. The smallest absolute Gasteiger partial charge is 0.157 e. The van der Waals surface area contributed by atoms with E-state index in [1.54, 1.807) is 6.07 Å². The topological polar surface area (TPSA) is 60.7 Å². The van der Waals surface area contributed by atoms with Crippen LogP contribution >= 0.6 is 0 Å². The summed E-state index contributed by atoms with van der Waals surface area (Å²) in [6.07, 6.45) is 6.74. The summed E-state index contributed by atoms with van der Waals surface area (Å²) in [4.78, 5) is 0. The summed E-state index contributed by atoms with van der Waals surface area (Å²) in [6.45, 7) is 2.00. The fourth-order valence-electron chi connectivity index (χ4n) is 3.59. The summed E-state index contributed by atoms with van der Waals surface area (Å²) in [5, 5.41) is 29.4. The molecule has 3 rings (SSSR count). The van der Waals surface area contributed by atoms with Gasteiger partial charge in [0.05, 0.1) is 0 Å². The Morgan fingerprint density at radius 1 is 0.870 bits per heavy atom.